The molecule has 1 N–H and O–H groups in total. The smallest absolute Gasteiger partial charge is 0.410 e. The van der Waals surface area contributed by atoms with Crippen LogP contribution in [-0.2, 0) is 24.9 Å². The molecule has 0 aromatic carbocycles. The van der Waals surface area contributed by atoms with E-state index in [4.69, 9.17) is 24.5 Å². The summed E-state index contributed by atoms with van der Waals surface area (Å²) in [5.41, 5.74) is 4.02. The molecule has 5 aromatic heterocycles. The summed E-state index contributed by atoms with van der Waals surface area (Å²) >= 11 is 0. The summed E-state index contributed by atoms with van der Waals surface area (Å²) < 4.78 is 17.8. The minimum Gasteiger partial charge on any atom is -0.477 e. The largest absolute Gasteiger partial charge is 0.477 e. The van der Waals surface area contributed by atoms with Crippen LogP contribution in [0, 0.1) is 0 Å². The normalized spacial score (nSPS) is 16.7. The molecule has 1 atom stereocenters. The lowest BCUT2D eigenvalue weighted by molar-refractivity contribution is 0.0199. The molecule has 222 valence electrons. The Morgan fingerprint density at radius 3 is 2.81 bits per heavy atom. The van der Waals surface area contributed by atoms with Crippen molar-refractivity contribution in [2.75, 3.05) is 18.5 Å². The topological polar surface area (TPSA) is 130 Å². The molecule has 13 nitrogen and oxygen atoms in total. The second-order valence-corrected chi connectivity index (χ2v) is 12.0. The van der Waals surface area contributed by atoms with Crippen molar-refractivity contribution in [3.05, 3.63) is 48.5 Å². The third kappa shape index (κ3) is 4.94. The Balaban J connectivity index is 1.26. The van der Waals surface area contributed by atoms with Gasteiger partial charge in [-0.1, -0.05) is 0 Å². The van der Waals surface area contributed by atoms with Crippen molar-refractivity contribution in [3.63, 3.8) is 0 Å². The number of aryl methyl sites for hydroxylation is 1. The van der Waals surface area contributed by atoms with Crippen LogP contribution in [0.1, 0.15) is 45.9 Å². The Morgan fingerprint density at radius 1 is 1.12 bits per heavy atom. The van der Waals surface area contributed by atoms with Crippen LogP contribution in [-0.4, -0.2) is 68.8 Å². The van der Waals surface area contributed by atoms with Crippen LogP contribution in [0.5, 0.6) is 5.88 Å². The van der Waals surface area contributed by atoms with E-state index in [1.165, 1.54) is 0 Å². The summed E-state index contributed by atoms with van der Waals surface area (Å²) in [7, 11) is 1.84. The first-order valence-electron chi connectivity index (χ1n) is 14.4. The maximum Gasteiger partial charge on any atom is 0.410 e. The van der Waals surface area contributed by atoms with Crippen LogP contribution in [0.2, 0.25) is 0 Å². The Hall–Kier alpha value is -4.94. The third-order valence-electron chi connectivity index (χ3n) is 7.73. The summed E-state index contributed by atoms with van der Waals surface area (Å²) in [4.78, 5) is 28.4. The van der Waals surface area contributed by atoms with E-state index in [1.807, 2.05) is 40.1 Å². The highest BCUT2D eigenvalue weighted by Crippen LogP contribution is 2.35. The van der Waals surface area contributed by atoms with Crippen molar-refractivity contribution in [1.29, 1.82) is 0 Å². The SMILES string of the molecule is C[C@H]1CCOc2c(cnn2C)-c2nccc(n2)Nc2cc3c(cn2)c(-c2ccc4n2CCN(C(=O)OC(C)(C)C)C4)nn31. The average molecular weight is 583 g/mol. The number of hydrogen-bond donors (Lipinski definition) is 1. The van der Waals surface area contributed by atoms with Gasteiger partial charge in [-0.25, -0.2) is 24.4 Å². The number of amides is 1. The molecule has 1 amide bonds. The van der Waals surface area contributed by atoms with Crippen LogP contribution >= 0.6 is 0 Å². The molecule has 7 heterocycles. The second kappa shape index (κ2) is 10.1. The van der Waals surface area contributed by atoms with Gasteiger partial charge in [-0.05, 0) is 45.9 Å². The van der Waals surface area contributed by atoms with Gasteiger partial charge in [-0.2, -0.15) is 10.2 Å². The number of hydrogen-bond acceptors (Lipinski definition) is 9. The van der Waals surface area contributed by atoms with Crippen LogP contribution in [0.15, 0.2) is 42.9 Å². The molecule has 13 heteroatoms. The van der Waals surface area contributed by atoms with Crippen LogP contribution < -0.4 is 10.1 Å². The Labute approximate surface area is 248 Å². The molecule has 0 spiro atoms. The van der Waals surface area contributed by atoms with Gasteiger partial charge in [0.05, 0.1) is 36.6 Å². The highest BCUT2D eigenvalue weighted by Gasteiger charge is 2.28. The van der Waals surface area contributed by atoms with Crippen LogP contribution in [0.3, 0.4) is 0 Å². The van der Waals surface area contributed by atoms with Crippen LogP contribution in [0.25, 0.3) is 33.7 Å². The predicted molar refractivity (Wildman–Crippen MR) is 160 cm³/mol. The van der Waals surface area contributed by atoms with E-state index in [0.717, 1.165) is 33.5 Å². The van der Waals surface area contributed by atoms with Gasteiger partial charge in [0.25, 0.3) is 0 Å². The summed E-state index contributed by atoms with van der Waals surface area (Å²) in [6, 6.07) is 7.98. The van der Waals surface area contributed by atoms with E-state index in [0.29, 0.717) is 56.0 Å². The van der Waals surface area contributed by atoms with Gasteiger partial charge in [0.1, 0.15) is 28.5 Å². The van der Waals surface area contributed by atoms with Crippen LogP contribution in [0.4, 0.5) is 16.4 Å². The molecule has 0 saturated carbocycles. The van der Waals surface area contributed by atoms with Gasteiger partial charge in [0, 0.05) is 56.1 Å². The molecule has 0 fully saturated rings. The second-order valence-electron chi connectivity index (χ2n) is 12.0. The van der Waals surface area contributed by atoms with Gasteiger partial charge < -0.3 is 24.3 Å². The van der Waals surface area contributed by atoms with E-state index in [-0.39, 0.29) is 12.1 Å². The molecule has 0 aliphatic carbocycles. The number of carbonyl (C=O) groups excluding carboxylic acids is 1. The van der Waals surface area contributed by atoms with E-state index in [2.05, 4.69) is 43.7 Å². The Morgan fingerprint density at radius 2 is 1.98 bits per heavy atom. The number of anilines is 2. The van der Waals surface area contributed by atoms with E-state index in [1.54, 1.807) is 28.0 Å². The van der Waals surface area contributed by atoms with E-state index < -0.39 is 5.60 Å². The lowest BCUT2D eigenvalue weighted by Gasteiger charge is -2.31. The summed E-state index contributed by atoms with van der Waals surface area (Å²) in [5.74, 6) is 2.40. The fraction of sp³-hybridized carbons (Fsp3) is 0.400. The lowest BCUT2D eigenvalue weighted by atomic mass is 10.2. The van der Waals surface area contributed by atoms with E-state index >= 15 is 0 Å². The monoisotopic (exact) mass is 582 g/mol. The molecule has 7 rings (SSSR count). The minimum absolute atomic E-state index is 0.0265. The van der Waals surface area contributed by atoms with Crippen molar-refractivity contribution < 1.29 is 14.3 Å². The highest BCUT2D eigenvalue weighted by atomic mass is 16.6. The number of nitrogens with one attached hydrogen (secondary N) is 1. The first-order chi connectivity index (χ1) is 20.6. The van der Waals surface area contributed by atoms with Crippen molar-refractivity contribution in [2.24, 2.45) is 7.05 Å². The first-order valence-corrected chi connectivity index (χ1v) is 14.4. The van der Waals surface area contributed by atoms with Crippen molar-refractivity contribution in [1.82, 2.24) is 44.0 Å². The quantitative estimate of drug-likeness (QED) is 0.292. The number of rotatable bonds is 1. The summed E-state index contributed by atoms with van der Waals surface area (Å²) in [6.07, 6.45) is 5.70. The Bertz CT molecular complexity index is 1850. The predicted octanol–water partition coefficient (Wildman–Crippen LogP) is 4.93. The number of fused-ring (bicyclic) bond motifs is 6. The first kappa shape index (κ1) is 26.9. The standard InChI is InChI=1S/C30H34N10O3/c1-18-9-13-42-28-21(16-33-37(28)5)27-31-10-8-24(35-27)34-25-14-23-20(15-32-25)26(36-40(18)23)22-7-6-19-17-38(11-12-39(19)22)29(41)43-30(2,3)4/h6-8,10,14-16,18H,9,11-13,17H2,1-5H3,(H,31,32,34,35)/t18-/m0/s1. The van der Waals surface area contributed by atoms with Gasteiger partial charge in [-0.3, -0.25) is 4.68 Å². The molecule has 4 bridgehead atoms. The van der Waals surface area contributed by atoms with Gasteiger partial charge in [0.2, 0.25) is 5.88 Å². The zero-order valence-corrected chi connectivity index (χ0v) is 24.9. The van der Waals surface area contributed by atoms with E-state index in [9.17, 15) is 4.79 Å². The number of ether oxygens (including phenoxy) is 2. The molecular weight excluding hydrogens is 548 g/mol. The van der Waals surface area contributed by atoms with Gasteiger partial charge in [-0.15, -0.1) is 0 Å². The highest BCUT2D eigenvalue weighted by molar-refractivity contribution is 5.93. The van der Waals surface area contributed by atoms with Gasteiger partial charge >= 0.3 is 6.09 Å². The Kier molecular flexibility index (Phi) is 6.33. The zero-order valence-electron chi connectivity index (χ0n) is 24.9. The number of pyridine rings is 1. The fourth-order valence-corrected chi connectivity index (χ4v) is 5.61. The third-order valence-corrected chi connectivity index (χ3v) is 7.73. The maximum atomic E-state index is 12.7. The number of aromatic nitrogens is 8. The molecule has 0 radical (unpaired) electrons. The van der Waals surface area contributed by atoms with Crippen molar-refractivity contribution in [2.45, 2.75) is 58.8 Å². The maximum absolute atomic E-state index is 12.7. The van der Waals surface area contributed by atoms with Gasteiger partial charge in [0.15, 0.2) is 5.82 Å². The lowest BCUT2D eigenvalue weighted by Crippen LogP contribution is -2.41. The number of carbonyl (C=O) groups is 1. The summed E-state index contributed by atoms with van der Waals surface area (Å²) in [5, 5.41) is 13.8. The molecule has 0 saturated heterocycles. The van der Waals surface area contributed by atoms with Crippen molar-refractivity contribution in [3.8, 4) is 28.7 Å². The fourth-order valence-electron chi connectivity index (χ4n) is 5.61. The molecular formula is C30H34N10O3. The number of nitrogens with zero attached hydrogens (tertiary/aromatic N) is 9. The molecule has 43 heavy (non-hydrogen) atoms. The minimum atomic E-state index is -0.538. The molecule has 5 aromatic rings. The molecule has 2 aliphatic rings. The molecule has 2 aliphatic heterocycles. The zero-order chi connectivity index (χ0) is 29.9. The average Bonchev–Trinajstić information content (AvgIpc) is 3.66. The summed E-state index contributed by atoms with van der Waals surface area (Å²) in [6.45, 7) is 9.92. The van der Waals surface area contributed by atoms with Crippen molar-refractivity contribution >= 4 is 28.6 Å². The molecule has 0 unspecified atom stereocenters.